The highest BCUT2D eigenvalue weighted by Crippen LogP contribution is 2.15. The van der Waals surface area contributed by atoms with Gasteiger partial charge >= 0.3 is 5.97 Å². The first-order chi connectivity index (χ1) is 9.08. The third kappa shape index (κ3) is 3.07. The maximum absolute atomic E-state index is 12.0. The van der Waals surface area contributed by atoms with Gasteiger partial charge in [0.15, 0.2) is 5.78 Å². The molecule has 1 aromatic carbocycles. The summed E-state index contributed by atoms with van der Waals surface area (Å²) >= 11 is 0. The van der Waals surface area contributed by atoms with Gasteiger partial charge in [-0.2, -0.15) is 0 Å². The Kier molecular flexibility index (Phi) is 3.75. The summed E-state index contributed by atoms with van der Waals surface area (Å²) in [5.74, 6) is -1.63. The zero-order chi connectivity index (χ0) is 13.8. The van der Waals surface area contributed by atoms with Crippen LogP contribution in [0, 0.1) is 5.92 Å². The number of carbonyl (C=O) groups is 2. The van der Waals surface area contributed by atoms with Gasteiger partial charge < -0.3 is 9.67 Å². The van der Waals surface area contributed by atoms with Crippen molar-refractivity contribution in [2.75, 3.05) is 0 Å². The van der Waals surface area contributed by atoms with Crippen molar-refractivity contribution in [3.05, 3.63) is 48.5 Å². The van der Waals surface area contributed by atoms with Crippen molar-refractivity contribution in [2.24, 2.45) is 5.92 Å². The molecule has 0 bridgehead atoms. The maximum Gasteiger partial charge on any atom is 0.304 e. The minimum Gasteiger partial charge on any atom is -0.481 e. The zero-order valence-electron chi connectivity index (χ0n) is 10.5. The monoisotopic (exact) mass is 258 g/mol. The smallest absolute Gasteiger partial charge is 0.304 e. The van der Waals surface area contributed by atoms with Gasteiger partial charge in [-0.25, -0.2) is 4.98 Å². The molecule has 0 amide bonds. The first-order valence-corrected chi connectivity index (χ1v) is 5.92. The number of nitrogens with zero attached hydrogens (tertiary/aromatic N) is 2. The standard InChI is InChI=1S/C14H14N2O3/c1-10(8-13(17)18)14(19)11-2-4-12(5-3-11)16-7-6-15-9-16/h2-7,9-10H,8H2,1H3,(H,17,18). The van der Waals surface area contributed by atoms with Crippen LogP contribution in [0.5, 0.6) is 0 Å². The number of carboxylic acids is 1. The summed E-state index contributed by atoms with van der Waals surface area (Å²) in [6.45, 7) is 1.63. The summed E-state index contributed by atoms with van der Waals surface area (Å²) in [6.07, 6.45) is 5.00. The fourth-order valence-corrected chi connectivity index (χ4v) is 1.85. The topological polar surface area (TPSA) is 72.2 Å². The first kappa shape index (κ1) is 13.0. The highest BCUT2D eigenvalue weighted by molar-refractivity contribution is 5.99. The van der Waals surface area contributed by atoms with Gasteiger partial charge in [-0.1, -0.05) is 6.92 Å². The van der Waals surface area contributed by atoms with Gasteiger partial charge in [0.2, 0.25) is 0 Å². The summed E-state index contributed by atoms with van der Waals surface area (Å²) in [5, 5.41) is 8.69. The van der Waals surface area contributed by atoms with Gasteiger partial charge in [0, 0.05) is 29.6 Å². The van der Waals surface area contributed by atoms with Gasteiger partial charge in [-0.05, 0) is 24.3 Å². The molecule has 2 rings (SSSR count). The van der Waals surface area contributed by atoms with Crippen molar-refractivity contribution >= 4 is 11.8 Å². The lowest BCUT2D eigenvalue weighted by molar-refractivity contribution is -0.137. The van der Waals surface area contributed by atoms with Gasteiger partial charge in [0.05, 0.1) is 12.7 Å². The second-order valence-corrected chi connectivity index (χ2v) is 4.38. The second-order valence-electron chi connectivity index (χ2n) is 4.38. The number of benzene rings is 1. The quantitative estimate of drug-likeness (QED) is 0.834. The van der Waals surface area contributed by atoms with Crippen LogP contribution in [-0.2, 0) is 4.79 Å². The zero-order valence-corrected chi connectivity index (χ0v) is 10.5. The lowest BCUT2D eigenvalue weighted by Gasteiger charge is -2.08. The second kappa shape index (κ2) is 5.48. The first-order valence-electron chi connectivity index (χ1n) is 5.92. The molecule has 0 saturated carbocycles. The lowest BCUT2D eigenvalue weighted by atomic mass is 9.96. The van der Waals surface area contributed by atoms with E-state index in [9.17, 15) is 9.59 Å². The summed E-state index contributed by atoms with van der Waals surface area (Å²) in [5.41, 5.74) is 1.43. The molecule has 0 radical (unpaired) electrons. The highest BCUT2D eigenvalue weighted by atomic mass is 16.4. The van der Waals surface area contributed by atoms with E-state index < -0.39 is 11.9 Å². The Morgan fingerprint density at radius 3 is 2.53 bits per heavy atom. The average molecular weight is 258 g/mol. The van der Waals surface area contributed by atoms with E-state index in [1.165, 1.54) is 0 Å². The normalized spacial score (nSPS) is 12.1. The minimum atomic E-state index is -0.962. The Hall–Kier alpha value is -2.43. The molecule has 2 aromatic rings. The van der Waals surface area contributed by atoms with E-state index in [0.717, 1.165) is 5.69 Å². The Bertz CT molecular complexity index is 573. The highest BCUT2D eigenvalue weighted by Gasteiger charge is 2.18. The molecule has 0 spiro atoms. The van der Waals surface area contributed by atoms with Crippen molar-refractivity contribution in [3.63, 3.8) is 0 Å². The molecule has 0 fully saturated rings. The molecular formula is C14H14N2O3. The summed E-state index contributed by atoms with van der Waals surface area (Å²) < 4.78 is 1.83. The number of Topliss-reactive ketones (excluding diaryl/α,β-unsaturated/α-hetero) is 1. The number of hydrogen-bond acceptors (Lipinski definition) is 3. The van der Waals surface area contributed by atoms with Gasteiger partial charge in [0.25, 0.3) is 0 Å². The fraction of sp³-hybridized carbons (Fsp3) is 0.214. The molecule has 0 aliphatic heterocycles. The van der Waals surface area contributed by atoms with Crippen molar-refractivity contribution in [2.45, 2.75) is 13.3 Å². The largest absolute Gasteiger partial charge is 0.481 e. The van der Waals surface area contributed by atoms with Crippen molar-refractivity contribution in [1.82, 2.24) is 9.55 Å². The molecule has 19 heavy (non-hydrogen) atoms. The molecule has 1 heterocycles. The van der Waals surface area contributed by atoms with E-state index >= 15 is 0 Å². The lowest BCUT2D eigenvalue weighted by Crippen LogP contribution is -2.15. The molecule has 5 nitrogen and oxygen atoms in total. The fourth-order valence-electron chi connectivity index (χ4n) is 1.85. The van der Waals surface area contributed by atoms with Crippen LogP contribution in [0.2, 0.25) is 0 Å². The average Bonchev–Trinajstić information content (AvgIpc) is 2.91. The number of aromatic nitrogens is 2. The Morgan fingerprint density at radius 1 is 1.32 bits per heavy atom. The summed E-state index contributed by atoms with van der Waals surface area (Å²) in [6, 6.07) is 7.02. The Labute approximate surface area is 110 Å². The van der Waals surface area contributed by atoms with Crippen molar-refractivity contribution < 1.29 is 14.7 Å². The number of hydrogen-bond donors (Lipinski definition) is 1. The van der Waals surface area contributed by atoms with Crippen LogP contribution in [0.4, 0.5) is 0 Å². The van der Waals surface area contributed by atoms with Gasteiger partial charge in [-0.3, -0.25) is 9.59 Å². The number of aliphatic carboxylic acids is 1. The van der Waals surface area contributed by atoms with Crippen LogP contribution in [0.3, 0.4) is 0 Å². The van der Waals surface area contributed by atoms with Crippen LogP contribution in [0.1, 0.15) is 23.7 Å². The van der Waals surface area contributed by atoms with Crippen LogP contribution in [-0.4, -0.2) is 26.4 Å². The van der Waals surface area contributed by atoms with E-state index in [2.05, 4.69) is 4.98 Å². The molecular weight excluding hydrogens is 244 g/mol. The third-order valence-corrected chi connectivity index (χ3v) is 2.88. The van der Waals surface area contributed by atoms with Crippen molar-refractivity contribution in [3.8, 4) is 5.69 Å². The van der Waals surface area contributed by atoms with Crippen LogP contribution in [0.15, 0.2) is 43.0 Å². The molecule has 1 unspecified atom stereocenters. The van der Waals surface area contributed by atoms with Crippen LogP contribution in [0.25, 0.3) is 5.69 Å². The van der Waals surface area contributed by atoms with Gasteiger partial charge in [-0.15, -0.1) is 0 Å². The van der Waals surface area contributed by atoms with E-state index in [4.69, 9.17) is 5.11 Å². The summed E-state index contributed by atoms with van der Waals surface area (Å²) in [7, 11) is 0. The van der Waals surface area contributed by atoms with Crippen molar-refractivity contribution in [1.29, 1.82) is 0 Å². The van der Waals surface area contributed by atoms with E-state index in [0.29, 0.717) is 5.56 Å². The van der Waals surface area contributed by atoms with Crippen LogP contribution < -0.4 is 0 Å². The van der Waals surface area contributed by atoms with E-state index in [-0.39, 0.29) is 12.2 Å². The molecule has 0 aliphatic carbocycles. The Morgan fingerprint density at radius 2 is 2.00 bits per heavy atom. The molecule has 98 valence electrons. The minimum absolute atomic E-state index is 0.151. The van der Waals surface area contributed by atoms with Gasteiger partial charge in [0.1, 0.15) is 0 Å². The number of carboxylic acid groups (broad SMARTS) is 1. The third-order valence-electron chi connectivity index (χ3n) is 2.88. The molecule has 1 N–H and O–H groups in total. The number of carbonyl (C=O) groups excluding carboxylic acids is 1. The molecule has 5 heteroatoms. The van der Waals surface area contributed by atoms with E-state index in [1.807, 2.05) is 22.9 Å². The number of rotatable bonds is 5. The predicted molar refractivity (Wildman–Crippen MR) is 69.3 cm³/mol. The summed E-state index contributed by atoms with van der Waals surface area (Å²) in [4.78, 5) is 26.5. The van der Waals surface area contributed by atoms with Crippen LogP contribution >= 0.6 is 0 Å². The molecule has 1 aromatic heterocycles. The molecule has 1 atom stereocenters. The number of imidazole rings is 1. The SMILES string of the molecule is CC(CC(=O)O)C(=O)c1ccc(-n2ccnc2)cc1. The molecule has 0 saturated heterocycles. The Balaban J connectivity index is 2.14. The van der Waals surface area contributed by atoms with E-state index in [1.54, 1.807) is 31.6 Å². The molecule has 0 aliphatic rings. The predicted octanol–water partition coefficient (Wildman–Crippen LogP) is 2.17. The maximum atomic E-state index is 12.0. The number of ketones is 1.